The van der Waals surface area contributed by atoms with Gasteiger partial charge in [-0.3, -0.25) is 0 Å². The molecule has 2 rings (SSSR count). The van der Waals surface area contributed by atoms with E-state index in [0.717, 1.165) is 17.7 Å². The first-order valence-electron chi connectivity index (χ1n) is 6.47. The molecule has 0 N–H and O–H groups in total. The van der Waals surface area contributed by atoms with E-state index in [1.54, 1.807) is 7.11 Å². The molecular weight excluding hydrogens is 222 g/mol. The molecule has 1 aliphatic carbocycles. The van der Waals surface area contributed by atoms with Crippen molar-refractivity contribution >= 4 is 0 Å². The summed E-state index contributed by atoms with van der Waals surface area (Å²) in [4.78, 5) is 0. The number of benzene rings is 1. The van der Waals surface area contributed by atoms with Crippen LogP contribution in [-0.4, -0.2) is 7.11 Å². The van der Waals surface area contributed by atoms with Crippen LogP contribution < -0.4 is 4.74 Å². The molecule has 1 unspecified atom stereocenters. The molecule has 2 heteroatoms. The monoisotopic (exact) mass is 243 g/mol. The van der Waals surface area contributed by atoms with E-state index in [0.29, 0.717) is 5.92 Å². The second kappa shape index (κ2) is 4.02. The fourth-order valence-corrected chi connectivity index (χ4v) is 2.75. The fraction of sp³-hybridized carbons (Fsp3) is 0.562. The van der Waals surface area contributed by atoms with Crippen LogP contribution in [-0.2, 0) is 5.41 Å². The Morgan fingerprint density at radius 3 is 2.33 bits per heavy atom. The van der Waals surface area contributed by atoms with Gasteiger partial charge < -0.3 is 4.74 Å². The topological polar surface area (TPSA) is 33.0 Å². The summed E-state index contributed by atoms with van der Waals surface area (Å²) >= 11 is 0. The maximum atomic E-state index is 9.54. The molecule has 0 aromatic heterocycles. The summed E-state index contributed by atoms with van der Waals surface area (Å²) in [5, 5.41) is 9.54. The molecule has 18 heavy (non-hydrogen) atoms. The van der Waals surface area contributed by atoms with E-state index in [1.807, 2.05) is 0 Å². The molecule has 0 radical (unpaired) electrons. The Balaban J connectivity index is 2.51. The standard InChI is InChI=1S/C16H21NO/c1-11(2)12-6-7-13(14(8-12)18-5)16(10-17)9-15(16,3)4/h6-8,11H,9H2,1-5H3. The summed E-state index contributed by atoms with van der Waals surface area (Å²) in [6, 6.07) is 8.78. The second-order valence-corrected chi connectivity index (χ2v) is 6.19. The van der Waals surface area contributed by atoms with E-state index >= 15 is 0 Å². The van der Waals surface area contributed by atoms with Gasteiger partial charge in [-0.15, -0.1) is 0 Å². The number of nitriles is 1. The number of hydrogen-bond donors (Lipinski definition) is 0. The molecule has 0 amide bonds. The van der Waals surface area contributed by atoms with Gasteiger partial charge in [-0.25, -0.2) is 0 Å². The summed E-state index contributed by atoms with van der Waals surface area (Å²) in [6.45, 7) is 8.61. The molecule has 1 fully saturated rings. The van der Waals surface area contributed by atoms with Gasteiger partial charge >= 0.3 is 0 Å². The van der Waals surface area contributed by atoms with Crippen LogP contribution in [0.25, 0.3) is 0 Å². The summed E-state index contributed by atoms with van der Waals surface area (Å²) in [6.07, 6.45) is 0.911. The van der Waals surface area contributed by atoms with Crippen LogP contribution in [0.3, 0.4) is 0 Å². The molecule has 0 bridgehead atoms. The lowest BCUT2D eigenvalue weighted by molar-refractivity contribution is 0.402. The SMILES string of the molecule is COc1cc(C(C)C)ccc1C1(C#N)CC1(C)C. The van der Waals surface area contributed by atoms with Gasteiger partial charge in [0.1, 0.15) is 5.75 Å². The number of nitrogens with zero attached hydrogens (tertiary/aromatic N) is 1. The molecule has 1 aromatic rings. The van der Waals surface area contributed by atoms with Gasteiger partial charge in [0.15, 0.2) is 0 Å². The highest BCUT2D eigenvalue weighted by Crippen LogP contribution is 2.65. The van der Waals surface area contributed by atoms with E-state index in [-0.39, 0.29) is 10.8 Å². The van der Waals surface area contributed by atoms with Gasteiger partial charge in [0, 0.05) is 5.56 Å². The van der Waals surface area contributed by atoms with Crippen LogP contribution >= 0.6 is 0 Å². The van der Waals surface area contributed by atoms with Crippen molar-refractivity contribution in [3.63, 3.8) is 0 Å². The van der Waals surface area contributed by atoms with Gasteiger partial charge in [-0.2, -0.15) is 5.26 Å². The van der Waals surface area contributed by atoms with Crippen LogP contribution in [0.1, 0.15) is 51.2 Å². The third-order valence-electron chi connectivity index (χ3n) is 4.28. The van der Waals surface area contributed by atoms with Crippen molar-refractivity contribution in [1.82, 2.24) is 0 Å². The zero-order valence-corrected chi connectivity index (χ0v) is 11.9. The highest BCUT2D eigenvalue weighted by atomic mass is 16.5. The predicted molar refractivity (Wildman–Crippen MR) is 72.8 cm³/mol. The summed E-state index contributed by atoms with van der Waals surface area (Å²) in [7, 11) is 1.68. The molecule has 1 aliphatic rings. The molecule has 96 valence electrons. The highest BCUT2D eigenvalue weighted by Gasteiger charge is 2.64. The lowest BCUT2D eigenvalue weighted by Crippen LogP contribution is -2.13. The Hall–Kier alpha value is -1.49. The largest absolute Gasteiger partial charge is 0.496 e. The zero-order valence-electron chi connectivity index (χ0n) is 11.9. The van der Waals surface area contributed by atoms with Crippen LogP contribution in [0, 0.1) is 16.7 Å². The average molecular weight is 243 g/mol. The lowest BCUT2D eigenvalue weighted by atomic mass is 9.87. The van der Waals surface area contributed by atoms with Crippen molar-refractivity contribution in [2.24, 2.45) is 5.41 Å². The van der Waals surface area contributed by atoms with Gasteiger partial charge in [-0.1, -0.05) is 39.8 Å². The number of hydrogen-bond acceptors (Lipinski definition) is 2. The molecule has 2 nitrogen and oxygen atoms in total. The van der Waals surface area contributed by atoms with E-state index in [2.05, 4.69) is 52.0 Å². The van der Waals surface area contributed by atoms with Crippen molar-refractivity contribution in [2.45, 2.75) is 45.4 Å². The second-order valence-electron chi connectivity index (χ2n) is 6.19. The average Bonchev–Trinajstić information content (AvgIpc) is 2.91. The smallest absolute Gasteiger partial charge is 0.123 e. The van der Waals surface area contributed by atoms with Crippen LogP contribution in [0.15, 0.2) is 18.2 Å². The molecule has 1 atom stereocenters. The maximum absolute atomic E-state index is 9.54. The Labute approximate surface area is 110 Å². The van der Waals surface area contributed by atoms with Crippen molar-refractivity contribution in [2.75, 3.05) is 7.11 Å². The third-order valence-corrected chi connectivity index (χ3v) is 4.28. The summed E-state index contributed by atoms with van der Waals surface area (Å²) < 4.78 is 5.51. The molecule has 0 heterocycles. The Bertz CT molecular complexity index is 510. The van der Waals surface area contributed by atoms with E-state index in [9.17, 15) is 5.26 Å². The van der Waals surface area contributed by atoms with Crippen LogP contribution in [0.2, 0.25) is 0 Å². The van der Waals surface area contributed by atoms with E-state index in [1.165, 1.54) is 5.56 Å². The highest BCUT2D eigenvalue weighted by molar-refractivity contribution is 5.53. The van der Waals surface area contributed by atoms with Crippen LogP contribution in [0.4, 0.5) is 0 Å². The molecule has 1 aromatic carbocycles. The maximum Gasteiger partial charge on any atom is 0.123 e. The summed E-state index contributed by atoms with van der Waals surface area (Å²) in [5.74, 6) is 1.33. The minimum atomic E-state index is -0.367. The number of rotatable bonds is 3. The summed E-state index contributed by atoms with van der Waals surface area (Å²) in [5.41, 5.74) is 1.98. The van der Waals surface area contributed by atoms with Gasteiger partial charge in [0.05, 0.1) is 18.6 Å². The molecule has 0 spiro atoms. The quantitative estimate of drug-likeness (QED) is 0.803. The third kappa shape index (κ3) is 1.70. The fourth-order valence-electron chi connectivity index (χ4n) is 2.75. The zero-order chi connectivity index (χ0) is 13.6. The minimum Gasteiger partial charge on any atom is -0.496 e. The predicted octanol–water partition coefficient (Wildman–Crippen LogP) is 4.01. The molecule has 0 aliphatic heterocycles. The first kappa shape index (κ1) is 13.0. The Kier molecular flexibility index (Phi) is 2.89. The Morgan fingerprint density at radius 1 is 1.33 bits per heavy atom. The van der Waals surface area contributed by atoms with Crippen LogP contribution in [0.5, 0.6) is 5.75 Å². The minimum absolute atomic E-state index is 0.0500. The van der Waals surface area contributed by atoms with Gasteiger partial charge in [-0.05, 0) is 29.4 Å². The number of ether oxygens (including phenoxy) is 1. The van der Waals surface area contributed by atoms with E-state index < -0.39 is 0 Å². The van der Waals surface area contributed by atoms with Crippen molar-refractivity contribution in [3.05, 3.63) is 29.3 Å². The molecule has 0 saturated heterocycles. The lowest BCUT2D eigenvalue weighted by Gasteiger charge is -2.18. The van der Waals surface area contributed by atoms with E-state index in [4.69, 9.17) is 4.74 Å². The number of methoxy groups -OCH3 is 1. The first-order chi connectivity index (χ1) is 8.38. The van der Waals surface area contributed by atoms with Crippen molar-refractivity contribution in [1.29, 1.82) is 5.26 Å². The first-order valence-corrected chi connectivity index (χ1v) is 6.47. The normalized spacial score (nSPS) is 24.7. The van der Waals surface area contributed by atoms with Gasteiger partial charge in [0.25, 0.3) is 0 Å². The Morgan fingerprint density at radius 2 is 1.94 bits per heavy atom. The molecular formula is C16H21NO. The molecule has 1 saturated carbocycles. The van der Waals surface area contributed by atoms with Crippen molar-refractivity contribution < 1.29 is 4.74 Å². The van der Waals surface area contributed by atoms with Crippen molar-refractivity contribution in [3.8, 4) is 11.8 Å². The van der Waals surface area contributed by atoms with Gasteiger partial charge in [0.2, 0.25) is 0 Å².